The highest BCUT2D eigenvalue weighted by molar-refractivity contribution is 6.13. The molecule has 1 atom stereocenters. The Morgan fingerprint density at radius 1 is 1.33 bits per heavy atom. The fourth-order valence-corrected chi connectivity index (χ4v) is 2.22. The van der Waals surface area contributed by atoms with Crippen LogP contribution in [0.1, 0.15) is 16.8 Å². The largest absolute Gasteiger partial charge is 0.484 e. The second-order valence-corrected chi connectivity index (χ2v) is 4.23. The van der Waals surface area contributed by atoms with Gasteiger partial charge in [-0.1, -0.05) is 18.2 Å². The topological polar surface area (TPSA) is 63.6 Å². The van der Waals surface area contributed by atoms with Gasteiger partial charge >= 0.3 is 5.97 Å². The number of Topliss-reactive ketones (excluding diaryl/α,β-unsaturated/α-hetero) is 1. The average molecular weight is 242 g/mol. The zero-order valence-electron chi connectivity index (χ0n) is 9.42. The lowest BCUT2D eigenvalue weighted by Gasteiger charge is -2.29. The average Bonchev–Trinajstić information content (AvgIpc) is 2.38. The smallest absolute Gasteiger partial charge is 0.335 e. The van der Waals surface area contributed by atoms with E-state index >= 15 is 0 Å². The molecule has 4 nitrogen and oxygen atoms in total. The van der Waals surface area contributed by atoms with Gasteiger partial charge in [0.15, 0.2) is 5.78 Å². The molecule has 0 saturated heterocycles. The summed E-state index contributed by atoms with van der Waals surface area (Å²) in [5.74, 6) is -0.599. The van der Waals surface area contributed by atoms with Crippen molar-refractivity contribution in [2.24, 2.45) is 0 Å². The zero-order valence-corrected chi connectivity index (χ0v) is 9.42. The summed E-state index contributed by atoms with van der Waals surface area (Å²) in [4.78, 5) is 23.2. The number of rotatable bonds is 1. The number of aliphatic carboxylic acids is 1. The van der Waals surface area contributed by atoms with Crippen molar-refractivity contribution in [2.75, 3.05) is 0 Å². The van der Waals surface area contributed by atoms with Crippen LogP contribution in [0.2, 0.25) is 0 Å². The van der Waals surface area contributed by atoms with E-state index in [2.05, 4.69) is 0 Å². The van der Waals surface area contributed by atoms with Crippen LogP contribution in [0.25, 0.3) is 0 Å². The Balaban J connectivity index is 2.07. The molecule has 0 amide bonds. The van der Waals surface area contributed by atoms with Gasteiger partial charge in [-0.15, -0.1) is 0 Å². The molecule has 1 aromatic carbocycles. The summed E-state index contributed by atoms with van der Waals surface area (Å²) in [5.41, 5.74) is 1.07. The summed E-state index contributed by atoms with van der Waals surface area (Å²) in [5, 5.41) is 8.95. The van der Waals surface area contributed by atoms with Gasteiger partial charge in [0.1, 0.15) is 11.9 Å². The summed E-state index contributed by atoms with van der Waals surface area (Å²) in [6, 6.07) is 7.01. The molecular formula is C14H10O4. The van der Waals surface area contributed by atoms with Crippen molar-refractivity contribution in [1.29, 1.82) is 0 Å². The fraction of sp³-hybridized carbons (Fsp3) is 0.143. The minimum Gasteiger partial charge on any atom is -0.484 e. The summed E-state index contributed by atoms with van der Waals surface area (Å²) >= 11 is 0. The van der Waals surface area contributed by atoms with Crippen molar-refractivity contribution in [1.82, 2.24) is 0 Å². The Hall–Kier alpha value is -2.36. The summed E-state index contributed by atoms with van der Waals surface area (Å²) in [6.45, 7) is 0. The maximum absolute atomic E-state index is 12.3. The molecule has 0 radical (unpaired) electrons. The number of para-hydroxylation sites is 1. The van der Waals surface area contributed by atoms with Crippen LogP contribution < -0.4 is 4.74 Å². The van der Waals surface area contributed by atoms with Crippen molar-refractivity contribution in [2.45, 2.75) is 12.5 Å². The van der Waals surface area contributed by atoms with E-state index < -0.39 is 5.97 Å². The molecule has 0 aromatic heterocycles. The van der Waals surface area contributed by atoms with Crippen LogP contribution in [0.4, 0.5) is 0 Å². The van der Waals surface area contributed by atoms with Gasteiger partial charge < -0.3 is 9.84 Å². The quantitative estimate of drug-likeness (QED) is 0.817. The number of carboxylic acid groups (broad SMARTS) is 1. The molecule has 0 bridgehead atoms. The number of ether oxygens (including phenoxy) is 1. The third-order valence-electron chi connectivity index (χ3n) is 3.12. The Morgan fingerprint density at radius 2 is 2.11 bits per heavy atom. The highest BCUT2D eigenvalue weighted by Crippen LogP contribution is 2.34. The Bertz CT molecular complexity index is 610. The molecular weight excluding hydrogens is 232 g/mol. The minimum absolute atomic E-state index is 0.145. The Labute approximate surface area is 103 Å². The number of benzene rings is 1. The van der Waals surface area contributed by atoms with Crippen LogP contribution >= 0.6 is 0 Å². The molecule has 1 aliphatic carbocycles. The normalized spacial score (nSPS) is 21.1. The lowest BCUT2D eigenvalue weighted by Crippen LogP contribution is -2.32. The molecule has 0 fully saturated rings. The van der Waals surface area contributed by atoms with E-state index in [1.807, 2.05) is 6.07 Å². The van der Waals surface area contributed by atoms with E-state index in [1.165, 1.54) is 6.08 Å². The molecule has 1 aliphatic heterocycles. The van der Waals surface area contributed by atoms with Crippen molar-refractivity contribution < 1.29 is 19.4 Å². The van der Waals surface area contributed by atoms with Crippen LogP contribution in [-0.4, -0.2) is 23.0 Å². The van der Waals surface area contributed by atoms with Gasteiger partial charge in [-0.05, 0) is 18.2 Å². The predicted molar refractivity (Wildman–Crippen MR) is 63.6 cm³/mol. The van der Waals surface area contributed by atoms with Gasteiger partial charge in [0.2, 0.25) is 0 Å². The predicted octanol–water partition coefficient (Wildman–Crippen LogP) is 1.97. The standard InChI is InChI=1S/C14H10O4/c15-13-9-3-1-2-4-11(9)18-12-6-5-8(14(16)17)7-10(12)13/h1-5,7,12H,6H2,(H,16,17). The molecule has 1 aromatic rings. The van der Waals surface area contributed by atoms with Crippen LogP contribution in [0.3, 0.4) is 0 Å². The molecule has 3 rings (SSSR count). The Kier molecular flexibility index (Phi) is 2.30. The summed E-state index contributed by atoms with van der Waals surface area (Å²) in [7, 11) is 0. The van der Waals surface area contributed by atoms with Crippen molar-refractivity contribution in [3.05, 3.63) is 53.1 Å². The van der Waals surface area contributed by atoms with Crippen LogP contribution in [0.5, 0.6) is 5.75 Å². The first-order chi connectivity index (χ1) is 8.66. The highest BCUT2D eigenvalue weighted by atomic mass is 16.5. The molecule has 4 heteroatoms. The minimum atomic E-state index is -1.02. The van der Waals surface area contributed by atoms with E-state index in [0.29, 0.717) is 23.3 Å². The first-order valence-electron chi connectivity index (χ1n) is 5.62. The van der Waals surface area contributed by atoms with Gasteiger partial charge in [-0.25, -0.2) is 4.79 Å². The number of carbonyl (C=O) groups excluding carboxylic acids is 1. The third-order valence-corrected chi connectivity index (χ3v) is 3.12. The molecule has 1 heterocycles. The molecule has 2 aliphatic rings. The number of hydrogen-bond donors (Lipinski definition) is 1. The number of fused-ring (bicyclic) bond motifs is 2. The lowest BCUT2D eigenvalue weighted by molar-refractivity contribution is -0.132. The van der Waals surface area contributed by atoms with E-state index in [9.17, 15) is 9.59 Å². The third kappa shape index (κ3) is 1.54. The first-order valence-corrected chi connectivity index (χ1v) is 5.62. The monoisotopic (exact) mass is 242 g/mol. The number of hydrogen-bond acceptors (Lipinski definition) is 3. The number of carboxylic acids is 1. The molecule has 0 spiro atoms. The maximum atomic E-state index is 12.3. The van der Waals surface area contributed by atoms with E-state index in [4.69, 9.17) is 9.84 Å². The molecule has 18 heavy (non-hydrogen) atoms. The van der Waals surface area contributed by atoms with Crippen molar-refractivity contribution in [3.63, 3.8) is 0 Å². The Morgan fingerprint density at radius 3 is 2.89 bits per heavy atom. The van der Waals surface area contributed by atoms with Crippen molar-refractivity contribution >= 4 is 11.8 Å². The van der Waals surface area contributed by atoms with Crippen molar-refractivity contribution in [3.8, 4) is 5.75 Å². The lowest BCUT2D eigenvalue weighted by atomic mass is 9.88. The SMILES string of the molecule is O=C(O)C1=CCC2Oc3ccccc3C(=O)C2=C1. The van der Waals surface area contributed by atoms with Crippen LogP contribution in [0.15, 0.2) is 47.6 Å². The van der Waals surface area contributed by atoms with Gasteiger partial charge in [0, 0.05) is 12.0 Å². The molecule has 90 valence electrons. The molecule has 1 N–H and O–H groups in total. The van der Waals surface area contributed by atoms with E-state index in [-0.39, 0.29) is 17.5 Å². The molecule has 1 unspecified atom stereocenters. The van der Waals surface area contributed by atoms with Gasteiger partial charge in [-0.3, -0.25) is 4.79 Å². The maximum Gasteiger partial charge on any atom is 0.335 e. The first kappa shape index (κ1) is 10.8. The summed E-state index contributed by atoms with van der Waals surface area (Å²) < 4.78 is 5.71. The fourth-order valence-electron chi connectivity index (χ4n) is 2.22. The van der Waals surface area contributed by atoms with Crippen LogP contribution in [-0.2, 0) is 4.79 Å². The van der Waals surface area contributed by atoms with E-state index in [0.717, 1.165) is 0 Å². The second-order valence-electron chi connectivity index (χ2n) is 4.23. The van der Waals surface area contributed by atoms with Gasteiger partial charge in [0.25, 0.3) is 0 Å². The zero-order chi connectivity index (χ0) is 12.7. The second kappa shape index (κ2) is 3.84. The van der Waals surface area contributed by atoms with Crippen LogP contribution in [0, 0.1) is 0 Å². The van der Waals surface area contributed by atoms with E-state index in [1.54, 1.807) is 24.3 Å². The highest BCUT2D eigenvalue weighted by Gasteiger charge is 2.33. The molecule has 0 saturated carbocycles. The summed E-state index contributed by atoms with van der Waals surface area (Å²) in [6.07, 6.45) is 3.04. The van der Waals surface area contributed by atoms with Gasteiger partial charge in [0.05, 0.1) is 11.1 Å². The van der Waals surface area contributed by atoms with Gasteiger partial charge in [-0.2, -0.15) is 0 Å². The number of carbonyl (C=O) groups is 2. The number of ketones is 1.